The maximum absolute atomic E-state index is 13.3. The maximum atomic E-state index is 13.3. The van der Waals surface area contributed by atoms with Crippen molar-refractivity contribution in [1.29, 1.82) is 0 Å². The van der Waals surface area contributed by atoms with Gasteiger partial charge >= 0.3 is 0 Å². The highest BCUT2D eigenvalue weighted by atomic mass is 32.2. The molecule has 0 fully saturated rings. The van der Waals surface area contributed by atoms with Gasteiger partial charge < -0.3 is 4.79 Å². The summed E-state index contributed by atoms with van der Waals surface area (Å²) in [5.41, 5.74) is 0.0503. The summed E-state index contributed by atoms with van der Waals surface area (Å²) >= 11 is 0. The summed E-state index contributed by atoms with van der Waals surface area (Å²) in [6, 6.07) is 3.86. The van der Waals surface area contributed by atoms with Crippen LogP contribution in [0.15, 0.2) is 28.0 Å². The molecule has 0 spiro atoms. The molecule has 1 aliphatic rings. The molecule has 2 rings (SSSR count). The molecular formula is C10H7FO3S. The van der Waals surface area contributed by atoms with Crippen molar-refractivity contribution in [3.05, 3.63) is 34.5 Å². The van der Waals surface area contributed by atoms with E-state index in [2.05, 4.69) is 0 Å². The SMILES string of the molecule is O=CCC1=Cc2c(F)cccc2S1(=O)=O. The Bertz CT molecular complexity index is 558. The molecule has 0 atom stereocenters. The fraction of sp³-hybridized carbons (Fsp3) is 0.100. The highest BCUT2D eigenvalue weighted by Crippen LogP contribution is 2.35. The van der Waals surface area contributed by atoms with Crippen molar-refractivity contribution in [2.75, 3.05) is 0 Å². The minimum Gasteiger partial charge on any atom is -0.303 e. The average molecular weight is 226 g/mol. The molecule has 0 unspecified atom stereocenters. The Morgan fingerprint density at radius 3 is 2.67 bits per heavy atom. The third-order valence-corrected chi connectivity index (χ3v) is 4.15. The van der Waals surface area contributed by atoms with Gasteiger partial charge in [-0.1, -0.05) is 6.07 Å². The van der Waals surface area contributed by atoms with Gasteiger partial charge in [0.2, 0.25) is 9.84 Å². The number of hydrogen-bond acceptors (Lipinski definition) is 3. The Kier molecular flexibility index (Phi) is 2.19. The minimum atomic E-state index is -3.64. The molecule has 0 aromatic heterocycles. The van der Waals surface area contributed by atoms with Crippen LogP contribution in [0.4, 0.5) is 4.39 Å². The molecule has 0 bridgehead atoms. The number of fused-ring (bicyclic) bond motifs is 1. The highest BCUT2D eigenvalue weighted by Gasteiger charge is 2.30. The second-order valence-corrected chi connectivity index (χ2v) is 5.11. The lowest BCUT2D eigenvalue weighted by molar-refractivity contribution is -0.107. The van der Waals surface area contributed by atoms with Crippen LogP contribution in [0.3, 0.4) is 0 Å². The van der Waals surface area contributed by atoms with Crippen molar-refractivity contribution >= 4 is 22.2 Å². The molecular weight excluding hydrogens is 219 g/mol. The van der Waals surface area contributed by atoms with Gasteiger partial charge in [-0.05, 0) is 18.2 Å². The van der Waals surface area contributed by atoms with E-state index in [0.717, 1.165) is 0 Å². The van der Waals surface area contributed by atoms with Gasteiger partial charge in [-0.15, -0.1) is 0 Å². The third-order valence-electron chi connectivity index (χ3n) is 2.24. The van der Waals surface area contributed by atoms with Gasteiger partial charge in [0.15, 0.2) is 0 Å². The van der Waals surface area contributed by atoms with E-state index in [4.69, 9.17) is 0 Å². The first-order valence-electron chi connectivity index (χ1n) is 4.25. The smallest absolute Gasteiger partial charge is 0.203 e. The molecule has 0 aliphatic carbocycles. The van der Waals surface area contributed by atoms with E-state index in [1.807, 2.05) is 0 Å². The van der Waals surface area contributed by atoms with Gasteiger partial charge in [0, 0.05) is 12.0 Å². The number of halogens is 1. The predicted octanol–water partition coefficient (Wildman–Crippen LogP) is 1.54. The number of benzene rings is 1. The summed E-state index contributed by atoms with van der Waals surface area (Å²) in [5, 5.41) is 0. The first-order chi connectivity index (χ1) is 7.07. The lowest BCUT2D eigenvalue weighted by Gasteiger charge is -2.00. The molecule has 15 heavy (non-hydrogen) atoms. The Balaban J connectivity index is 2.69. The van der Waals surface area contributed by atoms with Crippen LogP contribution in [0.25, 0.3) is 6.08 Å². The van der Waals surface area contributed by atoms with E-state index in [1.165, 1.54) is 24.3 Å². The number of carbonyl (C=O) groups excluding carboxylic acids is 1. The van der Waals surface area contributed by atoms with E-state index < -0.39 is 15.7 Å². The number of rotatable bonds is 2. The van der Waals surface area contributed by atoms with Crippen LogP contribution in [-0.2, 0) is 14.6 Å². The van der Waals surface area contributed by atoms with Crippen LogP contribution in [0.5, 0.6) is 0 Å². The van der Waals surface area contributed by atoms with Crippen molar-refractivity contribution < 1.29 is 17.6 Å². The molecule has 5 heteroatoms. The number of sulfone groups is 1. The molecule has 0 saturated carbocycles. The Morgan fingerprint density at radius 2 is 2.07 bits per heavy atom. The number of aldehydes is 1. The molecule has 1 heterocycles. The normalized spacial score (nSPS) is 17.0. The molecule has 3 nitrogen and oxygen atoms in total. The zero-order chi connectivity index (χ0) is 11.1. The minimum absolute atomic E-state index is 0.0439. The zero-order valence-electron chi connectivity index (χ0n) is 7.60. The van der Waals surface area contributed by atoms with Crippen LogP contribution in [0.1, 0.15) is 12.0 Å². The average Bonchev–Trinajstić information content (AvgIpc) is 2.43. The van der Waals surface area contributed by atoms with Crippen molar-refractivity contribution in [3.8, 4) is 0 Å². The van der Waals surface area contributed by atoms with E-state index in [1.54, 1.807) is 0 Å². The number of allylic oxidation sites excluding steroid dienone is 1. The number of carbonyl (C=O) groups is 1. The lowest BCUT2D eigenvalue weighted by atomic mass is 10.2. The summed E-state index contributed by atoms with van der Waals surface area (Å²) in [4.78, 5) is 10.2. The molecule has 0 saturated heterocycles. The van der Waals surface area contributed by atoms with Crippen molar-refractivity contribution in [2.24, 2.45) is 0 Å². The quantitative estimate of drug-likeness (QED) is 0.719. The van der Waals surface area contributed by atoms with E-state index in [0.29, 0.717) is 6.29 Å². The number of hydrogen-bond donors (Lipinski definition) is 0. The van der Waals surface area contributed by atoms with Crippen LogP contribution < -0.4 is 0 Å². The highest BCUT2D eigenvalue weighted by molar-refractivity contribution is 7.95. The topological polar surface area (TPSA) is 51.2 Å². The van der Waals surface area contributed by atoms with Crippen LogP contribution in [0, 0.1) is 5.82 Å². The standard InChI is InChI=1S/C10H7FO3S/c11-9-2-1-3-10-8(9)6-7(4-5-12)15(10,13)14/h1-3,5-6H,4H2. The van der Waals surface area contributed by atoms with Gasteiger partial charge in [0.05, 0.1) is 9.80 Å². The van der Waals surface area contributed by atoms with Gasteiger partial charge in [-0.2, -0.15) is 0 Å². The Morgan fingerprint density at radius 1 is 1.33 bits per heavy atom. The molecule has 0 radical (unpaired) electrons. The van der Waals surface area contributed by atoms with Gasteiger partial charge in [0.1, 0.15) is 12.1 Å². The zero-order valence-corrected chi connectivity index (χ0v) is 8.42. The second kappa shape index (κ2) is 3.27. The molecule has 0 amide bonds. The van der Waals surface area contributed by atoms with E-state index in [-0.39, 0.29) is 21.8 Å². The largest absolute Gasteiger partial charge is 0.303 e. The van der Waals surface area contributed by atoms with Crippen molar-refractivity contribution in [2.45, 2.75) is 11.3 Å². The first-order valence-corrected chi connectivity index (χ1v) is 5.73. The van der Waals surface area contributed by atoms with Crippen molar-refractivity contribution in [3.63, 3.8) is 0 Å². The molecule has 78 valence electrons. The van der Waals surface area contributed by atoms with Gasteiger partial charge in [-0.3, -0.25) is 0 Å². The summed E-state index contributed by atoms with van der Waals surface area (Å²) in [6.45, 7) is 0. The predicted molar refractivity (Wildman–Crippen MR) is 52.2 cm³/mol. The van der Waals surface area contributed by atoms with Gasteiger partial charge in [0.25, 0.3) is 0 Å². The van der Waals surface area contributed by atoms with Crippen LogP contribution >= 0.6 is 0 Å². The Labute approximate surface area is 86.1 Å². The third kappa shape index (κ3) is 1.39. The summed E-state index contributed by atoms with van der Waals surface area (Å²) in [6.07, 6.45) is 1.50. The van der Waals surface area contributed by atoms with Gasteiger partial charge in [-0.25, -0.2) is 12.8 Å². The monoisotopic (exact) mass is 226 g/mol. The molecule has 0 N–H and O–H groups in total. The maximum Gasteiger partial charge on any atom is 0.203 e. The first kappa shape index (κ1) is 10.0. The molecule has 1 aliphatic heterocycles. The van der Waals surface area contributed by atoms with Crippen molar-refractivity contribution in [1.82, 2.24) is 0 Å². The van der Waals surface area contributed by atoms with Crippen LogP contribution in [-0.4, -0.2) is 14.7 Å². The van der Waals surface area contributed by atoms with E-state index >= 15 is 0 Å². The fourth-order valence-electron chi connectivity index (χ4n) is 1.52. The lowest BCUT2D eigenvalue weighted by Crippen LogP contribution is -2.01. The summed E-state index contributed by atoms with van der Waals surface area (Å²) < 4.78 is 36.7. The fourth-order valence-corrected chi connectivity index (χ4v) is 3.07. The summed E-state index contributed by atoms with van der Waals surface area (Å²) in [7, 11) is -3.64. The molecule has 1 aromatic rings. The molecule has 1 aromatic carbocycles. The Hall–Kier alpha value is -1.49. The van der Waals surface area contributed by atoms with E-state index in [9.17, 15) is 17.6 Å². The van der Waals surface area contributed by atoms with Crippen LogP contribution in [0.2, 0.25) is 0 Å². The second-order valence-electron chi connectivity index (χ2n) is 3.14. The summed E-state index contributed by atoms with van der Waals surface area (Å²) in [5.74, 6) is -0.586.